The summed E-state index contributed by atoms with van der Waals surface area (Å²) in [7, 11) is 0. The van der Waals surface area contributed by atoms with Crippen molar-refractivity contribution in [2.45, 2.75) is 0 Å². The van der Waals surface area contributed by atoms with Gasteiger partial charge in [-0.3, -0.25) is 0 Å². The van der Waals surface area contributed by atoms with Gasteiger partial charge in [-0.2, -0.15) is 0 Å². The maximum Gasteiger partial charge on any atom is 0.164 e. The lowest BCUT2D eigenvalue weighted by atomic mass is 9.91. The highest BCUT2D eigenvalue weighted by molar-refractivity contribution is 6.24. The number of fused-ring (bicyclic) bond motifs is 6. The molecule has 10 rings (SSSR count). The summed E-state index contributed by atoms with van der Waals surface area (Å²) in [5.74, 6) is 1.86. The standard InChI is InChI=1S/C47H29N3O/c1-3-11-30(12-4-1)31-21-23-35(24-22-31)46-48-45(34-14-5-2-6-15-34)49-47(50-46)36-26-27-41-40(29-36)44-42(51-41)28-25-33-17-10-20-39(43(33)44)38-19-9-16-32-13-7-8-18-37(32)38/h1-29H. The molecule has 0 atom stereocenters. The normalized spacial score (nSPS) is 11.5. The largest absolute Gasteiger partial charge is 0.456 e. The molecule has 0 spiro atoms. The molecule has 0 saturated heterocycles. The van der Waals surface area contributed by atoms with Crippen LogP contribution in [-0.4, -0.2) is 15.0 Å². The van der Waals surface area contributed by atoms with E-state index in [-0.39, 0.29) is 0 Å². The minimum absolute atomic E-state index is 0.608. The Morgan fingerprint density at radius 2 is 0.843 bits per heavy atom. The highest BCUT2D eigenvalue weighted by Crippen LogP contribution is 2.42. The number of furan rings is 1. The predicted octanol–water partition coefficient (Wildman–Crippen LogP) is 12.4. The van der Waals surface area contributed by atoms with Crippen LogP contribution in [0.2, 0.25) is 0 Å². The van der Waals surface area contributed by atoms with E-state index < -0.39 is 0 Å². The molecule has 0 unspecified atom stereocenters. The summed E-state index contributed by atoms with van der Waals surface area (Å²) in [6.07, 6.45) is 0. The molecule has 4 nitrogen and oxygen atoms in total. The van der Waals surface area contributed by atoms with Crippen molar-refractivity contribution < 1.29 is 4.42 Å². The van der Waals surface area contributed by atoms with Crippen molar-refractivity contribution >= 4 is 43.5 Å². The monoisotopic (exact) mass is 651 g/mol. The molecular weight excluding hydrogens is 623 g/mol. The maximum absolute atomic E-state index is 6.51. The van der Waals surface area contributed by atoms with Crippen molar-refractivity contribution in [3.8, 4) is 56.4 Å². The molecule has 10 aromatic rings. The van der Waals surface area contributed by atoms with Crippen LogP contribution in [0, 0.1) is 0 Å². The number of benzene rings is 8. The first-order chi connectivity index (χ1) is 25.3. The first kappa shape index (κ1) is 29.0. The van der Waals surface area contributed by atoms with E-state index in [0.29, 0.717) is 17.5 Å². The summed E-state index contributed by atoms with van der Waals surface area (Å²) >= 11 is 0. The Labute approximate surface area is 294 Å². The van der Waals surface area contributed by atoms with Crippen LogP contribution >= 0.6 is 0 Å². The number of nitrogens with zero attached hydrogens (tertiary/aromatic N) is 3. The van der Waals surface area contributed by atoms with Crippen LogP contribution < -0.4 is 0 Å². The molecule has 2 heterocycles. The summed E-state index contributed by atoms with van der Waals surface area (Å²) < 4.78 is 6.51. The van der Waals surface area contributed by atoms with Crippen molar-refractivity contribution in [3.05, 3.63) is 176 Å². The molecule has 2 aromatic heterocycles. The molecular formula is C47H29N3O. The highest BCUT2D eigenvalue weighted by Gasteiger charge is 2.18. The zero-order valence-corrected chi connectivity index (χ0v) is 27.5. The smallest absolute Gasteiger partial charge is 0.164 e. The lowest BCUT2D eigenvalue weighted by Crippen LogP contribution is -2.00. The Morgan fingerprint density at radius 3 is 1.61 bits per heavy atom. The molecule has 0 saturated carbocycles. The van der Waals surface area contributed by atoms with Crippen molar-refractivity contribution in [2.75, 3.05) is 0 Å². The van der Waals surface area contributed by atoms with E-state index in [1.807, 2.05) is 48.5 Å². The Bertz CT molecular complexity index is 2890. The van der Waals surface area contributed by atoms with Gasteiger partial charge >= 0.3 is 0 Å². The van der Waals surface area contributed by atoms with E-state index in [9.17, 15) is 0 Å². The fourth-order valence-corrected chi connectivity index (χ4v) is 7.26. The molecule has 0 N–H and O–H groups in total. The first-order valence-electron chi connectivity index (χ1n) is 17.1. The lowest BCUT2D eigenvalue weighted by molar-refractivity contribution is 0.669. The summed E-state index contributed by atoms with van der Waals surface area (Å²) in [5, 5.41) is 6.88. The van der Waals surface area contributed by atoms with Gasteiger partial charge in [0.2, 0.25) is 0 Å². The minimum Gasteiger partial charge on any atom is -0.456 e. The van der Waals surface area contributed by atoms with Gasteiger partial charge < -0.3 is 4.42 Å². The van der Waals surface area contributed by atoms with Crippen LogP contribution in [0.1, 0.15) is 0 Å². The number of aromatic nitrogens is 3. The van der Waals surface area contributed by atoms with Crippen molar-refractivity contribution in [1.29, 1.82) is 0 Å². The predicted molar refractivity (Wildman–Crippen MR) is 209 cm³/mol. The van der Waals surface area contributed by atoms with E-state index in [0.717, 1.165) is 49.6 Å². The van der Waals surface area contributed by atoms with E-state index in [2.05, 4.69) is 127 Å². The molecule has 0 aliphatic rings. The maximum atomic E-state index is 6.51. The molecule has 8 aromatic carbocycles. The van der Waals surface area contributed by atoms with E-state index in [1.165, 1.54) is 32.8 Å². The van der Waals surface area contributed by atoms with Gasteiger partial charge in [0.15, 0.2) is 17.5 Å². The zero-order valence-electron chi connectivity index (χ0n) is 27.5. The van der Waals surface area contributed by atoms with Crippen LogP contribution in [0.3, 0.4) is 0 Å². The van der Waals surface area contributed by atoms with Gasteiger partial charge in [0.1, 0.15) is 11.2 Å². The summed E-state index contributed by atoms with van der Waals surface area (Å²) in [6.45, 7) is 0. The third-order valence-electron chi connectivity index (χ3n) is 9.73. The van der Waals surface area contributed by atoms with E-state index >= 15 is 0 Å². The molecule has 0 radical (unpaired) electrons. The van der Waals surface area contributed by atoms with E-state index in [4.69, 9.17) is 19.4 Å². The van der Waals surface area contributed by atoms with E-state index in [1.54, 1.807) is 0 Å². The molecule has 0 bridgehead atoms. The van der Waals surface area contributed by atoms with Gasteiger partial charge in [0.05, 0.1) is 0 Å². The third kappa shape index (κ3) is 5.04. The first-order valence-corrected chi connectivity index (χ1v) is 17.1. The van der Waals surface area contributed by atoms with Crippen molar-refractivity contribution in [3.63, 3.8) is 0 Å². The second kappa shape index (κ2) is 11.9. The fourth-order valence-electron chi connectivity index (χ4n) is 7.26. The molecule has 4 heteroatoms. The summed E-state index contributed by atoms with van der Waals surface area (Å²) in [5.41, 5.74) is 9.11. The molecule has 0 fully saturated rings. The second-order valence-corrected chi connectivity index (χ2v) is 12.8. The fraction of sp³-hybridized carbons (Fsp3) is 0. The minimum atomic E-state index is 0.608. The van der Waals surface area contributed by atoms with Gasteiger partial charge in [-0.1, -0.05) is 152 Å². The van der Waals surface area contributed by atoms with Crippen molar-refractivity contribution in [1.82, 2.24) is 15.0 Å². The Hall–Kier alpha value is -6.91. The SMILES string of the molecule is c1ccc(-c2ccc(-c3nc(-c4ccccc4)nc(-c4ccc5oc6ccc7cccc(-c8cccc9ccccc89)c7c6c5c4)n3)cc2)cc1. The summed E-state index contributed by atoms with van der Waals surface area (Å²) in [4.78, 5) is 15.1. The van der Waals surface area contributed by atoms with Crippen LogP contribution in [-0.2, 0) is 0 Å². The Morgan fingerprint density at radius 1 is 0.314 bits per heavy atom. The van der Waals surface area contributed by atoms with Crippen molar-refractivity contribution in [2.24, 2.45) is 0 Å². The average molecular weight is 652 g/mol. The zero-order chi connectivity index (χ0) is 33.7. The van der Waals surface area contributed by atoms with Gasteiger partial charge in [-0.05, 0) is 62.7 Å². The van der Waals surface area contributed by atoms with Crippen LogP contribution in [0.4, 0.5) is 0 Å². The second-order valence-electron chi connectivity index (χ2n) is 12.8. The number of hydrogen-bond donors (Lipinski definition) is 0. The molecule has 0 amide bonds. The summed E-state index contributed by atoms with van der Waals surface area (Å²) in [6, 6.07) is 61.0. The molecule has 51 heavy (non-hydrogen) atoms. The molecule has 0 aliphatic heterocycles. The molecule has 0 aliphatic carbocycles. The van der Waals surface area contributed by atoms with Gasteiger partial charge in [-0.15, -0.1) is 0 Å². The average Bonchev–Trinajstić information content (AvgIpc) is 3.59. The number of rotatable bonds is 5. The van der Waals surface area contributed by atoms with Crippen LogP contribution in [0.25, 0.3) is 99.9 Å². The lowest BCUT2D eigenvalue weighted by Gasteiger charge is -2.12. The Balaban J connectivity index is 1.17. The van der Waals surface area contributed by atoms with Crippen LogP contribution in [0.5, 0.6) is 0 Å². The Kier molecular flexibility index (Phi) is 6.78. The topological polar surface area (TPSA) is 51.8 Å². The van der Waals surface area contributed by atoms with Gasteiger partial charge in [0, 0.05) is 32.8 Å². The quantitative estimate of drug-likeness (QED) is 0.186. The van der Waals surface area contributed by atoms with Gasteiger partial charge in [-0.25, -0.2) is 15.0 Å². The highest BCUT2D eigenvalue weighted by atomic mass is 16.3. The van der Waals surface area contributed by atoms with Crippen LogP contribution in [0.15, 0.2) is 180 Å². The third-order valence-corrected chi connectivity index (χ3v) is 9.73. The molecule has 238 valence electrons. The van der Waals surface area contributed by atoms with Gasteiger partial charge in [0.25, 0.3) is 0 Å². The number of hydrogen-bond acceptors (Lipinski definition) is 4.